The van der Waals surface area contributed by atoms with Gasteiger partial charge in [0.05, 0.1) is 6.10 Å². The van der Waals surface area contributed by atoms with Crippen molar-refractivity contribution in [2.45, 2.75) is 52.6 Å². The van der Waals surface area contributed by atoms with E-state index in [1.807, 2.05) is 0 Å². The Balaban J connectivity index is 2.36. The van der Waals surface area contributed by atoms with E-state index in [1.165, 1.54) is 0 Å². The predicted molar refractivity (Wildman–Crippen MR) is 54.9 cm³/mol. The average Bonchev–Trinajstić information content (AvgIpc) is 2.39. The molecule has 2 saturated carbocycles. The Bertz CT molecular complexity index is 269. The summed E-state index contributed by atoms with van der Waals surface area (Å²) in [7, 11) is 0. The third-order valence-electron chi connectivity index (χ3n) is 4.76. The van der Waals surface area contributed by atoms with E-state index in [9.17, 15) is 9.90 Å². The number of aliphatic hydroxyl groups is 1. The van der Waals surface area contributed by atoms with Crippen LogP contribution in [-0.2, 0) is 4.79 Å². The average molecular weight is 196 g/mol. The molecule has 2 aliphatic carbocycles. The van der Waals surface area contributed by atoms with Crippen LogP contribution in [-0.4, -0.2) is 17.0 Å². The summed E-state index contributed by atoms with van der Waals surface area (Å²) >= 11 is 0. The van der Waals surface area contributed by atoms with Crippen molar-refractivity contribution in [3.63, 3.8) is 0 Å². The number of carbonyl (C=O) groups is 1. The molecule has 0 aromatic heterocycles. The number of rotatable bonds is 0. The zero-order valence-electron chi connectivity index (χ0n) is 9.34. The van der Waals surface area contributed by atoms with Crippen molar-refractivity contribution in [1.29, 1.82) is 0 Å². The van der Waals surface area contributed by atoms with Gasteiger partial charge in [-0.1, -0.05) is 20.8 Å². The minimum atomic E-state index is -0.230. The van der Waals surface area contributed by atoms with Crippen molar-refractivity contribution in [3.05, 3.63) is 0 Å². The van der Waals surface area contributed by atoms with Crippen LogP contribution in [0.2, 0.25) is 0 Å². The van der Waals surface area contributed by atoms with Crippen LogP contribution in [0.5, 0.6) is 0 Å². The highest BCUT2D eigenvalue weighted by Gasteiger charge is 2.56. The highest BCUT2D eigenvalue weighted by molar-refractivity contribution is 5.87. The van der Waals surface area contributed by atoms with Gasteiger partial charge in [-0.15, -0.1) is 0 Å². The van der Waals surface area contributed by atoms with Gasteiger partial charge in [-0.05, 0) is 30.6 Å². The Morgan fingerprint density at radius 2 is 1.93 bits per heavy atom. The lowest BCUT2D eigenvalue weighted by molar-refractivity contribution is -0.137. The molecule has 0 unspecified atom stereocenters. The Labute approximate surface area is 85.7 Å². The lowest BCUT2D eigenvalue weighted by atomic mass is 9.56. The molecule has 0 aromatic rings. The first kappa shape index (κ1) is 10.2. The fourth-order valence-electron chi connectivity index (χ4n) is 3.62. The van der Waals surface area contributed by atoms with Crippen LogP contribution in [0.4, 0.5) is 0 Å². The summed E-state index contributed by atoms with van der Waals surface area (Å²) < 4.78 is 0. The van der Waals surface area contributed by atoms with Gasteiger partial charge in [-0.2, -0.15) is 0 Å². The Hall–Kier alpha value is -0.370. The van der Waals surface area contributed by atoms with Gasteiger partial charge < -0.3 is 5.11 Å². The summed E-state index contributed by atoms with van der Waals surface area (Å²) in [5, 5.41) is 9.97. The zero-order chi connectivity index (χ0) is 10.6. The SMILES string of the molecule is CC1(C)[C@@H](O)CC[C@]2(C)C(=O)CC[C@@H]12. The van der Waals surface area contributed by atoms with Gasteiger partial charge in [0.1, 0.15) is 5.78 Å². The van der Waals surface area contributed by atoms with Gasteiger partial charge in [0.25, 0.3) is 0 Å². The van der Waals surface area contributed by atoms with E-state index < -0.39 is 0 Å². The van der Waals surface area contributed by atoms with E-state index in [1.54, 1.807) is 0 Å². The maximum Gasteiger partial charge on any atom is 0.139 e. The molecule has 1 N–H and O–H groups in total. The topological polar surface area (TPSA) is 37.3 Å². The summed E-state index contributed by atoms with van der Waals surface area (Å²) in [4.78, 5) is 11.8. The number of carbonyl (C=O) groups excluding carboxylic acids is 1. The van der Waals surface area contributed by atoms with Crippen molar-refractivity contribution in [1.82, 2.24) is 0 Å². The monoisotopic (exact) mass is 196 g/mol. The molecule has 3 atom stereocenters. The summed E-state index contributed by atoms with van der Waals surface area (Å²) in [5.41, 5.74) is -0.220. The molecule has 0 bridgehead atoms. The van der Waals surface area contributed by atoms with Crippen molar-refractivity contribution in [2.24, 2.45) is 16.7 Å². The summed E-state index contributed by atoms with van der Waals surface area (Å²) in [6.45, 7) is 6.32. The first-order valence-electron chi connectivity index (χ1n) is 5.60. The van der Waals surface area contributed by atoms with Crippen molar-refractivity contribution >= 4 is 5.78 Å². The van der Waals surface area contributed by atoms with E-state index >= 15 is 0 Å². The molecule has 0 spiro atoms. The molecule has 2 aliphatic rings. The molecule has 0 amide bonds. The molecule has 2 nitrogen and oxygen atoms in total. The van der Waals surface area contributed by atoms with Crippen LogP contribution in [0, 0.1) is 16.7 Å². The first-order valence-corrected chi connectivity index (χ1v) is 5.60. The highest BCUT2D eigenvalue weighted by atomic mass is 16.3. The molecule has 0 saturated heterocycles. The summed E-state index contributed by atoms with van der Waals surface area (Å²) in [6.07, 6.45) is 3.12. The lowest BCUT2D eigenvalue weighted by Crippen LogP contribution is -2.49. The number of hydrogen-bond donors (Lipinski definition) is 1. The first-order chi connectivity index (χ1) is 6.39. The molecule has 2 heteroatoms. The number of hydrogen-bond acceptors (Lipinski definition) is 2. The Morgan fingerprint density at radius 3 is 2.57 bits per heavy atom. The smallest absolute Gasteiger partial charge is 0.139 e. The molecule has 0 aliphatic heterocycles. The highest BCUT2D eigenvalue weighted by Crippen LogP contribution is 2.57. The normalized spacial score (nSPS) is 46.4. The second-order valence-electron chi connectivity index (χ2n) is 5.81. The molecule has 2 rings (SSSR count). The minimum Gasteiger partial charge on any atom is -0.393 e. The van der Waals surface area contributed by atoms with Crippen LogP contribution in [0.3, 0.4) is 0 Å². The van der Waals surface area contributed by atoms with Crippen molar-refractivity contribution in [2.75, 3.05) is 0 Å². The predicted octanol–water partition coefficient (Wildman–Crippen LogP) is 2.15. The van der Waals surface area contributed by atoms with Gasteiger partial charge in [-0.3, -0.25) is 4.79 Å². The van der Waals surface area contributed by atoms with E-state index in [4.69, 9.17) is 0 Å². The number of ketones is 1. The molecular formula is C12H20O2. The van der Waals surface area contributed by atoms with Gasteiger partial charge >= 0.3 is 0 Å². The standard InChI is InChI=1S/C12H20O2/c1-11(2)8-4-5-10(14)12(8,3)7-6-9(11)13/h8-9,13H,4-7H2,1-3H3/t8-,9-,12-/m0/s1. The third-order valence-corrected chi connectivity index (χ3v) is 4.76. The number of Topliss-reactive ketones (excluding diaryl/α,β-unsaturated/α-hetero) is 1. The molecule has 0 radical (unpaired) electrons. The maximum absolute atomic E-state index is 11.8. The largest absolute Gasteiger partial charge is 0.393 e. The van der Waals surface area contributed by atoms with E-state index in [2.05, 4.69) is 20.8 Å². The van der Waals surface area contributed by atoms with Crippen LogP contribution in [0.15, 0.2) is 0 Å². The second-order valence-corrected chi connectivity index (χ2v) is 5.81. The van der Waals surface area contributed by atoms with Crippen LogP contribution >= 0.6 is 0 Å². The molecular weight excluding hydrogens is 176 g/mol. The van der Waals surface area contributed by atoms with Crippen molar-refractivity contribution < 1.29 is 9.90 Å². The zero-order valence-corrected chi connectivity index (χ0v) is 9.34. The van der Waals surface area contributed by atoms with Gasteiger partial charge in [0.2, 0.25) is 0 Å². The minimum absolute atomic E-state index is 0.0842. The van der Waals surface area contributed by atoms with Gasteiger partial charge in [0, 0.05) is 11.8 Å². The fraction of sp³-hybridized carbons (Fsp3) is 0.917. The summed E-state index contributed by atoms with van der Waals surface area (Å²) in [6, 6.07) is 0. The second kappa shape index (κ2) is 2.82. The Morgan fingerprint density at radius 1 is 1.29 bits per heavy atom. The molecule has 80 valence electrons. The molecule has 0 aromatic carbocycles. The Kier molecular flexibility index (Phi) is 2.04. The van der Waals surface area contributed by atoms with Gasteiger partial charge in [-0.25, -0.2) is 0 Å². The van der Waals surface area contributed by atoms with Crippen LogP contribution in [0.1, 0.15) is 46.5 Å². The summed E-state index contributed by atoms with van der Waals surface area (Å²) in [5.74, 6) is 0.800. The van der Waals surface area contributed by atoms with Gasteiger partial charge in [0.15, 0.2) is 0 Å². The third kappa shape index (κ3) is 1.10. The molecule has 14 heavy (non-hydrogen) atoms. The molecule has 2 fully saturated rings. The van der Waals surface area contributed by atoms with Crippen LogP contribution < -0.4 is 0 Å². The number of aliphatic hydroxyl groups excluding tert-OH is 1. The molecule has 0 heterocycles. The van der Waals surface area contributed by atoms with E-state index in [0.717, 1.165) is 25.7 Å². The van der Waals surface area contributed by atoms with Crippen molar-refractivity contribution in [3.8, 4) is 0 Å². The quantitative estimate of drug-likeness (QED) is 0.644. The van der Waals surface area contributed by atoms with Crippen LogP contribution in [0.25, 0.3) is 0 Å². The lowest BCUT2D eigenvalue weighted by Gasteiger charge is -2.49. The fourth-order valence-corrected chi connectivity index (χ4v) is 3.62. The van der Waals surface area contributed by atoms with E-state index in [0.29, 0.717) is 11.7 Å². The van der Waals surface area contributed by atoms with E-state index in [-0.39, 0.29) is 16.9 Å². The number of fused-ring (bicyclic) bond motifs is 1. The maximum atomic E-state index is 11.8.